The van der Waals surface area contributed by atoms with E-state index in [1.54, 1.807) is 29.7 Å². The van der Waals surface area contributed by atoms with Gasteiger partial charge in [-0.05, 0) is 36.6 Å². The predicted octanol–water partition coefficient (Wildman–Crippen LogP) is 4.27. The largest absolute Gasteiger partial charge is 0.507 e. The third-order valence-electron chi connectivity index (χ3n) is 5.34. The zero-order chi connectivity index (χ0) is 25.4. The fourth-order valence-corrected chi connectivity index (χ4v) is 3.66. The number of nitrogens with zero attached hydrogens (tertiary/aromatic N) is 1. The van der Waals surface area contributed by atoms with Gasteiger partial charge in [-0.1, -0.05) is 41.7 Å². The van der Waals surface area contributed by atoms with Gasteiger partial charge in [0.25, 0.3) is 5.91 Å². The zero-order valence-corrected chi connectivity index (χ0v) is 19.8. The third kappa shape index (κ3) is 6.43. The molecule has 0 atom stereocenters. The number of phenolic OH excluding ortho intramolecular Hbond substituents is 2. The minimum absolute atomic E-state index is 0.00245. The molecule has 1 aromatic heterocycles. The van der Waals surface area contributed by atoms with E-state index >= 15 is 0 Å². The minimum atomic E-state index is -0.463. The number of amides is 2. The molecule has 3 aromatic rings. The maximum Gasteiger partial charge on any atom is 0.274 e. The summed E-state index contributed by atoms with van der Waals surface area (Å²) >= 11 is 6.04. The quantitative estimate of drug-likeness (QED) is 0.148. The van der Waals surface area contributed by atoms with Crippen LogP contribution < -0.4 is 15.5 Å². The zero-order valence-electron chi connectivity index (χ0n) is 19.0. The van der Waals surface area contributed by atoms with Crippen LogP contribution in [0.1, 0.15) is 42.6 Å². The molecule has 186 valence electrons. The summed E-state index contributed by atoms with van der Waals surface area (Å²) in [6.07, 6.45) is 3.12. The molecule has 0 unspecified atom stereocenters. The third-order valence-corrected chi connectivity index (χ3v) is 5.64. The van der Waals surface area contributed by atoms with Crippen LogP contribution in [0.3, 0.4) is 0 Å². The van der Waals surface area contributed by atoms with Gasteiger partial charge < -0.3 is 24.8 Å². The van der Waals surface area contributed by atoms with Gasteiger partial charge in [0, 0.05) is 19.0 Å². The summed E-state index contributed by atoms with van der Waals surface area (Å²) in [7, 11) is 1.54. The summed E-state index contributed by atoms with van der Waals surface area (Å²) in [5, 5.41) is 35.4. The summed E-state index contributed by atoms with van der Waals surface area (Å²) in [6, 6.07) is 9.31. The molecule has 0 bridgehead atoms. The fraction of sp³-hybridized carbons (Fsp3) is 0.292. The van der Waals surface area contributed by atoms with Crippen LogP contribution in [0, 0.1) is 0 Å². The van der Waals surface area contributed by atoms with Crippen LogP contribution in [-0.2, 0) is 4.79 Å². The topological polar surface area (TPSA) is 154 Å². The second-order valence-electron chi connectivity index (χ2n) is 7.74. The van der Waals surface area contributed by atoms with Gasteiger partial charge in [0.15, 0.2) is 11.5 Å². The van der Waals surface area contributed by atoms with Gasteiger partial charge in [-0.2, -0.15) is 0 Å². The van der Waals surface area contributed by atoms with Gasteiger partial charge in [-0.25, -0.2) is 5.48 Å². The van der Waals surface area contributed by atoms with E-state index in [9.17, 15) is 19.8 Å². The molecule has 0 saturated carbocycles. The standard InChI is InChI=1S/C24H26ClN3O7/c1-34-15-9-7-14(8-10-15)21-22(24(32)26-11-5-3-2-4-6-20(31)27-33)28-35-23(21)16-12-17(25)19(30)13-18(16)29/h7-10,12-13,29-30,33H,2-6,11H2,1H3,(H,26,32)(H,27,31). The molecule has 0 fully saturated rings. The molecule has 0 saturated heterocycles. The Bertz CT molecular complexity index is 1180. The van der Waals surface area contributed by atoms with Gasteiger partial charge >= 0.3 is 0 Å². The number of unbranched alkanes of at least 4 members (excludes halogenated alkanes) is 3. The summed E-state index contributed by atoms with van der Waals surface area (Å²) < 4.78 is 10.7. The lowest BCUT2D eigenvalue weighted by molar-refractivity contribution is -0.129. The highest BCUT2D eigenvalue weighted by Crippen LogP contribution is 2.43. The molecule has 11 heteroatoms. The minimum Gasteiger partial charge on any atom is -0.507 e. The van der Waals surface area contributed by atoms with Crippen LogP contribution in [0.2, 0.25) is 5.02 Å². The van der Waals surface area contributed by atoms with Crippen molar-refractivity contribution >= 4 is 23.4 Å². The van der Waals surface area contributed by atoms with E-state index in [0.717, 1.165) is 18.9 Å². The van der Waals surface area contributed by atoms with Crippen LogP contribution >= 0.6 is 11.6 Å². The van der Waals surface area contributed by atoms with Gasteiger partial charge in [0.05, 0.1) is 23.3 Å². The van der Waals surface area contributed by atoms with Crippen LogP contribution in [0.5, 0.6) is 17.2 Å². The SMILES string of the molecule is COc1ccc(-c2c(C(=O)NCCCCCCC(=O)NO)noc2-c2cc(Cl)c(O)cc2O)cc1. The predicted molar refractivity (Wildman–Crippen MR) is 128 cm³/mol. The highest BCUT2D eigenvalue weighted by atomic mass is 35.5. The van der Waals surface area contributed by atoms with Crippen molar-refractivity contribution in [3.05, 3.63) is 47.1 Å². The highest BCUT2D eigenvalue weighted by Gasteiger charge is 2.26. The first-order chi connectivity index (χ1) is 16.8. The van der Waals surface area contributed by atoms with E-state index < -0.39 is 11.8 Å². The Morgan fingerprint density at radius 3 is 2.46 bits per heavy atom. The molecule has 0 aliphatic rings. The Labute approximate surface area is 206 Å². The van der Waals surface area contributed by atoms with E-state index in [1.807, 2.05) is 0 Å². The van der Waals surface area contributed by atoms with Crippen molar-refractivity contribution in [3.8, 4) is 39.7 Å². The van der Waals surface area contributed by atoms with Crippen molar-refractivity contribution in [2.75, 3.05) is 13.7 Å². The lowest BCUT2D eigenvalue weighted by Gasteiger charge is -2.09. The molecule has 1 heterocycles. The Hall–Kier alpha value is -3.76. The molecule has 2 aromatic carbocycles. The number of carbonyl (C=O) groups excluding carboxylic acids is 2. The van der Waals surface area contributed by atoms with Crippen molar-refractivity contribution < 1.29 is 34.3 Å². The molecule has 10 nitrogen and oxygen atoms in total. The number of carbonyl (C=O) groups is 2. The molecule has 0 spiro atoms. The molecular weight excluding hydrogens is 478 g/mol. The number of phenols is 2. The van der Waals surface area contributed by atoms with Gasteiger partial charge in [-0.15, -0.1) is 0 Å². The van der Waals surface area contributed by atoms with Crippen molar-refractivity contribution in [2.24, 2.45) is 0 Å². The Balaban J connectivity index is 1.80. The van der Waals surface area contributed by atoms with Crippen LogP contribution in [0.15, 0.2) is 40.9 Å². The Morgan fingerprint density at radius 1 is 1.06 bits per heavy atom. The average molecular weight is 504 g/mol. The molecule has 5 N–H and O–H groups in total. The number of ether oxygens (including phenoxy) is 1. The molecular formula is C24H26ClN3O7. The number of benzene rings is 2. The molecule has 2 amide bonds. The van der Waals surface area contributed by atoms with Crippen molar-refractivity contribution in [1.82, 2.24) is 16.0 Å². The molecule has 35 heavy (non-hydrogen) atoms. The van der Waals surface area contributed by atoms with Crippen molar-refractivity contribution in [2.45, 2.75) is 32.1 Å². The lowest BCUT2D eigenvalue weighted by atomic mass is 9.98. The molecule has 0 radical (unpaired) electrons. The Kier molecular flexibility index (Phi) is 8.93. The van der Waals surface area contributed by atoms with Crippen molar-refractivity contribution in [3.63, 3.8) is 0 Å². The number of hydrogen-bond acceptors (Lipinski definition) is 8. The highest BCUT2D eigenvalue weighted by molar-refractivity contribution is 6.32. The van der Waals surface area contributed by atoms with E-state index in [0.29, 0.717) is 36.3 Å². The number of halogens is 1. The van der Waals surface area contributed by atoms with Gasteiger partial charge in [0.2, 0.25) is 5.91 Å². The maximum absolute atomic E-state index is 13.0. The number of nitrogens with one attached hydrogen (secondary N) is 2. The van der Waals surface area contributed by atoms with Crippen LogP contribution in [0.25, 0.3) is 22.5 Å². The van der Waals surface area contributed by atoms with E-state index in [2.05, 4.69) is 10.5 Å². The number of hydroxylamine groups is 1. The first kappa shape index (κ1) is 25.9. The lowest BCUT2D eigenvalue weighted by Crippen LogP contribution is -2.25. The number of hydrogen-bond donors (Lipinski definition) is 5. The Morgan fingerprint density at radius 2 is 1.77 bits per heavy atom. The fourth-order valence-electron chi connectivity index (χ4n) is 3.49. The van der Waals surface area contributed by atoms with Gasteiger partial charge in [-0.3, -0.25) is 14.8 Å². The maximum atomic E-state index is 13.0. The average Bonchev–Trinajstić information content (AvgIpc) is 3.30. The van der Waals surface area contributed by atoms with Crippen LogP contribution in [0.4, 0.5) is 0 Å². The van der Waals surface area contributed by atoms with E-state index in [4.69, 9.17) is 26.1 Å². The second kappa shape index (κ2) is 12.1. The van der Waals surface area contributed by atoms with E-state index in [-0.39, 0.29) is 40.0 Å². The summed E-state index contributed by atoms with van der Waals surface area (Å²) in [5.74, 6) is -0.748. The number of methoxy groups -OCH3 is 1. The first-order valence-corrected chi connectivity index (χ1v) is 11.3. The number of rotatable bonds is 11. The summed E-state index contributed by atoms with van der Waals surface area (Å²) in [5.41, 5.74) is 2.72. The summed E-state index contributed by atoms with van der Waals surface area (Å²) in [6.45, 7) is 0.381. The smallest absolute Gasteiger partial charge is 0.274 e. The molecule has 3 rings (SSSR count). The number of aromatic nitrogens is 1. The van der Waals surface area contributed by atoms with Crippen molar-refractivity contribution in [1.29, 1.82) is 0 Å². The van der Waals surface area contributed by atoms with Gasteiger partial charge in [0.1, 0.15) is 17.2 Å². The first-order valence-electron chi connectivity index (χ1n) is 10.9. The number of aromatic hydroxyl groups is 2. The molecule has 0 aliphatic carbocycles. The molecule has 0 aliphatic heterocycles. The van der Waals surface area contributed by atoms with E-state index in [1.165, 1.54) is 13.2 Å². The van der Waals surface area contributed by atoms with Crippen LogP contribution in [-0.4, -0.2) is 46.0 Å². The summed E-state index contributed by atoms with van der Waals surface area (Å²) in [4.78, 5) is 24.0. The normalized spacial score (nSPS) is 10.7. The monoisotopic (exact) mass is 503 g/mol. The second-order valence-corrected chi connectivity index (χ2v) is 8.15.